The van der Waals surface area contributed by atoms with Crippen molar-refractivity contribution >= 4 is 23.4 Å². The van der Waals surface area contributed by atoms with Crippen LogP contribution in [0.5, 0.6) is 5.75 Å². The van der Waals surface area contributed by atoms with Crippen LogP contribution in [0.15, 0.2) is 24.3 Å². The molecule has 21 heavy (non-hydrogen) atoms. The molecule has 1 aromatic carbocycles. The highest BCUT2D eigenvalue weighted by Crippen LogP contribution is 2.22. The number of para-hydroxylation sites is 1. The molecule has 1 unspecified atom stereocenters. The molecule has 0 spiro atoms. The van der Waals surface area contributed by atoms with E-state index in [1.807, 2.05) is 6.92 Å². The van der Waals surface area contributed by atoms with Crippen molar-refractivity contribution in [2.24, 2.45) is 0 Å². The Balaban J connectivity index is 2.28. The maximum atomic E-state index is 11.7. The molecule has 1 rings (SSSR count). The van der Waals surface area contributed by atoms with Crippen molar-refractivity contribution in [2.75, 3.05) is 13.2 Å². The standard InChI is InChI=1S/C15H21ClN2O3/c1-3-9-17-15(20)11(2)18-14(19)8-10-21-13-7-5-4-6-12(13)16/h4-7,11H,3,8-10H2,1-2H3,(H,17,20)(H,18,19). The summed E-state index contributed by atoms with van der Waals surface area (Å²) in [7, 11) is 0. The predicted octanol–water partition coefficient (Wildman–Crippen LogP) is 2.14. The maximum absolute atomic E-state index is 11.7. The Morgan fingerprint density at radius 1 is 1.33 bits per heavy atom. The van der Waals surface area contributed by atoms with Crippen molar-refractivity contribution in [1.82, 2.24) is 10.6 Å². The lowest BCUT2D eigenvalue weighted by atomic mass is 10.3. The lowest BCUT2D eigenvalue weighted by Gasteiger charge is -2.14. The van der Waals surface area contributed by atoms with Crippen LogP contribution in [0.1, 0.15) is 26.7 Å². The van der Waals surface area contributed by atoms with Crippen LogP contribution >= 0.6 is 11.6 Å². The molecule has 0 heterocycles. The van der Waals surface area contributed by atoms with E-state index in [4.69, 9.17) is 16.3 Å². The number of carbonyl (C=O) groups is 2. The van der Waals surface area contributed by atoms with E-state index in [1.54, 1.807) is 31.2 Å². The number of ether oxygens (including phenoxy) is 1. The van der Waals surface area contributed by atoms with Gasteiger partial charge in [-0.15, -0.1) is 0 Å². The summed E-state index contributed by atoms with van der Waals surface area (Å²) < 4.78 is 5.42. The van der Waals surface area contributed by atoms with E-state index >= 15 is 0 Å². The first-order valence-electron chi connectivity index (χ1n) is 6.99. The first-order valence-corrected chi connectivity index (χ1v) is 7.36. The summed E-state index contributed by atoms with van der Waals surface area (Å²) >= 11 is 5.94. The van der Waals surface area contributed by atoms with Crippen molar-refractivity contribution in [3.05, 3.63) is 29.3 Å². The van der Waals surface area contributed by atoms with Crippen molar-refractivity contribution in [3.8, 4) is 5.75 Å². The largest absolute Gasteiger partial charge is 0.491 e. The average molecular weight is 313 g/mol. The van der Waals surface area contributed by atoms with Gasteiger partial charge < -0.3 is 15.4 Å². The Hall–Kier alpha value is -1.75. The summed E-state index contributed by atoms with van der Waals surface area (Å²) in [6.07, 6.45) is 1.02. The molecule has 0 aromatic heterocycles. The fourth-order valence-corrected chi connectivity index (χ4v) is 1.79. The monoisotopic (exact) mass is 312 g/mol. The molecule has 1 aromatic rings. The third-order valence-electron chi connectivity index (χ3n) is 2.74. The summed E-state index contributed by atoms with van der Waals surface area (Å²) in [6, 6.07) is 6.52. The molecule has 5 nitrogen and oxygen atoms in total. The van der Waals surface area contributed by atoms with Gasteiger partial charge in [0.1, 0.15) is 11.8 Å². The number of rotatable bonds is 8. The van der Waals surface area contributed by atoms with E-state index < -0.39 is 6.04 Å². The quantitative estimate of drug-likeness (QED) is 0.773. The third kappa shape index (κ3) is 6.49. The zero-order valence-electron chi connectivity index (χ0n) is 12.3. The third-order valence-corrected chi connectivity index (χ3v) is 3.06. The van der Waals surface area contributed by atoms with Gasteiger partial charge in [0.2, 0.25) is 11.8 Å². The van der Waals surface area contributed by atoms with Gasteiger partial charge in [0.25, 0.3) is 0 Å². The molecule has 2 amide bonds. The molecule has 6 heteroatoms. The highest BCUT2D eigenvalue weighted by molar-refractivity contribution is 6.32. The minimum absolute atomic E-state index is 0.163. The van der Waals surface area contributed by atoms with Gasteiger partial charge >= 0.3 is 0 Å². The number of halogens is 1. The summed E-state index contributed by atoms with van der Waals surface area (Å²) in [4.78, 5) is 23.3. The topological polar surface area (TPSA) is 67.4 Å². The normalized spacial score (nSPS) is 11.6. The number of benzene rings is 1. The Morgan fingerprint density at radius 3 is 2.71 bits per heavy atom. The fraction of sp³-hybridized carbons (Fsp3) is 0.467. The van der Waals surface area contributed by atoms with Crippen molar-refractivity contribution in [2.45, 2.75) is 32.7 Å². The molecule has 1 atom stereocenters. The van der Waals surface area contributed by atoms with Gasteiger partial charge in [0.05, 0.1) is 18.1 Å². The Bertz CT molecular complexity index is 480. The molecule has 0 radical (unpaired) electrons. The molecule has 0 aliphatic carbocycles. The van der Waals surface area contributed by atoms with Gasteiger partial charge in [-0.1, -0.05) is 30.7 Å². The summed E-state index contributed by atoms with van der Waals surface area (Å²) in [5.41, 5.74) is 0. The second kappa shape index (κ2) is 9.23. The van der Waals surface area contributed by atoms with Crippen molar-refractivity contribution in [3.63, 3.8) is 0 Å². The minimum atomic E-state index is -0.552. The summed E-state index contributed by atoms with van der Waals surface area (Å²) in [5.74, 6) is 0.124. The Morgan fingerprint density at radius 2 is 2.05 bits per heavy atom. The van der Waals surface area contributed by atoms with Gasteiger partial charge in [-0.05, 0) is 25.5 Å². The van der Waals surface area contributed by atoms with Gasteiger partial charge in [0.15, 0.2) is 0 Å². The van der Waals surface area contributed by atoms with Gasteiger partial charge in [-0.2, -0.15) is 0 Å². The summed E-state index contributed by atoms with van der Waals surface area (Å²) in [6.45, 7) is 4.43. The molecule has 0 saturated heterocycles. The molecular formula is C15H21ClN2O3. The SMILES string of the molecule is CCCNC(=O)C(C)NC(=O)CCOc1ccccc1Cl. The maximum Gasteiger partial charge on any atom is 0.242 e. The highest BCUT2D eigenvalue weighted by Gasteiger charge is 2.14. The van der Waals surface area contributed by atoms with Crippen LogP contribution in [-0.4, -0.2) is 31.0 Å². The van der Waals surface area contributed by atoms with Crippen LogP contribution in [0.25, 0.3) is 0 Å². The zero-order chi connectivity index (χ0) is 15.7. The van der Waals surface area contributed by atoms with Crippen LogP contribution in [0.4, 0.5) is 0 Å². The van der Waals surface area contributed by atoms with Crippen LogP contribution in [0.3, 0.4) is 0 Å². The van der Waals surface area contributed by atoms with E-state index in [1.165, 1.54) is 0 Å². The fourth-order valence-electron chi connectivity index (χ4n) is 1.60. The first-order chi connectivity index (χ1) is 10.0. The van der Waals surface area contributed by atoms with Crippen LogP contribution < -0.4 is 15.4 Å². The lowest BCUT2D eigenvalue weighted by Crippen LogP contribution is -2.45. The van der Waals surface area contributed by atoms with Gasteiger partial charge in [0, 0.05) is 6.54 Å². The average Bonchev–Trinajstić information content (AvgIpc) is 2.46. The second-order valence-electron chi connectivity index (χ2n) is 4.61. The van der Waals surface area contributed by atoms with Crippen LogP contribution in [-0.2, 0) is 9.59 Å². The van der Waals surface area contributed by atoms with E-state index in [2.05, 4.69) is 10.6 Å². The van der Waals surface area contributed by atoms with E-state index in [-0.39, 0.29) is 24.8 Å². The smallest absolute Gasteiger partial charge is 0.242 e. The van der Waals surface area contributed by atoms with Crippen molar-refractivity contribution in [1.29, 1.82) is 0 Å². The Kier molecular flexibility index (Phi) is 7.61. The molecule has 0 aliphatic heterocycles. The predicted molar refractivity (Wildman–Crippen MR) is 82.5 cm³/mol. The molecule has 116 valence electrons. The molecule has 2 N–H and O–H groups in total. The zero-order valence-corrected chi connectivity index (χ0v) is 13.1. The van der Waals surface area contributed by atoms with Crippen molar-refractivity contribution < 1.29 is 14.3 Å². The molecular weight excluding hydrogens is 292 g/mol. The summed E-state index contributed by atoms with van der Waals surface area (Å²) in [5, 5.41) is 5.85. The minimum Gasteiger partial charge on any atom is -0.491 e. The first kappa shape index (κ1) is 17.3. The van der Waals surface area contributed by atoms with Crippen LogP contribution in [0, 0.1) is 0 Å². The van der Waals surface area contributed by atoms with E-state index in [0.717, 1.165) is 6.42 Å². The Labute approximate surface area is 130 Å². The molecule has 0 fully saturated rings. The van der Waals surface area contributed by atoms with Gasteiger partial charge in [-0.3, -0.25) is 9.59 Å². The highest BCUT2D eigenvalue weighted by atomic mass is 35.5. The van der Waals surface area contributed by atoms with E-state index in [0.29, 0.717) is 17.3 Å². The number of hydrogen-bond acceptors (Lipinski definition) is 3. The molecule has 0 bridgehead atoms. The lowest BCUT2D eigenvalue weighted by molar-refractivity contribution is -0.128. The number of nitrogens with one attached hydrogen (secondary N) is 2. The number of carbonyl (C=O) groups excluding carboxylic acids is 2. The van der Waals surface area contributed by atoms with E-state index in [9.17, 15) is 9.59 Å². The van der Waals surface area contributed by atoms with Crippen LogP contribution in [0.2, 0.25) is 5.02 Å². The van der Waals surface area contributed by atoms with Gasteiger partial charge in [-0.25, -0.2) is 0 Å². The molecule has 0 saturated carbocycles. The number of hydrogen-bond donors (Lipinski definition) is 2. The molecule has 0 aliphatic rings. The second-order valence-corrected chi connectivity index (χ2v) is 5.02. The number of amides is 2.